The highest BCUT2D eigenvalue weighted by atomic mass is 79.9. The van der Waals surface area contributed by atoms with Gasteiger partial charge in [0.2, 0.25) is 0 Å². The van der Waals surface area contributed by atoms with Crippen LogP contribution in [0, 0.1) is 0 Å². The summed E-state index contributed by atoms with van der Waals surface area (Å²) in [5.74, 6) is 0.141. The highest BCUT2D eigenvalue weighted by Crippen LogP contribution is 2.24. The third kappa shape index (κ3) is 3.13. The van der Waals surface area contributed by atoms with Gasteiger partial charge in [0.25, 0.3) is 0 Å². The lowest BCUT2D eigenvalue weighted by atomic mass is 9.95. The number of hydrogen-bond acceptors (Lipinski definition) is 3. The number of ketones is 1. The largest absolute Gasteiger partial charge is 0.371 e. The van der Waals surface area contributed by atoms with E-state index in [9.17, 15) is 4.79 Å². The zero-order valence-electron chi connectivity index (χ0n) is 9.17. The molecule has 1 aromatic rings. The fourth-order valence-electron chi connectivity index (χ4n) is 1.25. The van der Waals surface area contributed by atoms with Gasteiger partial charge in [-0.2, -0.15) is 0 Å². The van der Waals surface area contributed by atoms with E-state index in [4.69, 9.17) is 4.74 Å². The van der Waals surface area contributed by atoms with E-state index in [-0.39, 0.29) is 5.78 Å². The van der Waals surface area contributed by atoms with Crippen LogP contribution >= 0.6 is 27.3 Å². The maximum atomic E-state index is 12.0. The van der Waals surface area contributed by atoms with Gasteiger partial charge in [-0.3, -0.25) is 4.79 Å². The minimum atomic E-state index is -0.642. The summed E-state index contributed by atoms with van der Waals surface area (Å²) in [7, 11) is 1.59. The molecule has 1 aromatic heterocycles. The molecule has 2 nitrogen and oxygen atoms in total. The number of thiophene rings is 1. The van der Waals surface area contributed by atoms with Gasteiger partial charge in [-0.25, -0.2) is 0 Å². The van der Waals surface area contributed by atoms with Gasteiger partial charge in [0, 0.05) is 28.3 Å². The number of hydrogen-bond donors (Lipinski definition) is 0. The Labute approximate surface area is 103 Å². The van der Waals surface area contributed by atoms with Gasteiger partial charge < -0.3 is 4.74 Å². The molecule has 84 valence electrons. The first-order chi connectivity index (χ1) is 7.01. The van der Waals surface area contributed by atoms with Crippen LogP contribution in [0.4, 0.5) is 0 Å². The maximum absolute atomic E-state index is 12.0. The minimum absolute atomic E-state index is 0.141. The van der Waals surface area contributed by atoms with Crippen LogP contribution in [0.2, 0.25) is 0 Å². The molecular weight excluding hydrogens is 276 g/mol. The second kappa shape index (κ2) is 5.23. The maximum Gasteiger partial charge on any atom is 0.169 e. The molecule has 0 saturated carbocycles. The van der Waals surface area contributed by atoms with Gasteiger partial charge >= 0.3 is 0 Å². The highest BCUT2D eigenvalue weighted by Gasteiger charge is 2.30. The number of halogens is 1. The van der Waals surface area contributed by atoms with Crippen molar-refractivity contribution in [3.63, 3.8) is 0 Å². The fourth-order valence-corrected chi connectivity index (χ4v) is 2.70. The lowest BCUT2D eigenvalue weighted by molar-refractivity contribution is -0.138. The van der Waals surface area contributed by atoms with Crippen LogP contribution in [0.3, 0.4) is 0 Å². The molecule has 0 aliphatic rings. The molecule has 0 spiro atoms. The van der Waals surface area contributed by atoms with Gasteiger partial charge in [0.1, 0.15) is 5.60 Å². The molecule has 0 saturated heterocycles. The Hall–Kier alpha value is -0.190. The SMILES string of the molecule is CCC(C)(OC)C(=O)Cc1cc(Br)cs1. The summed E-state index contributed by atoms with van der Waals surface area (Å²) in [5, 5.41) is 1.98. The molecule has 0 radical (unpaired) electrons. The van der Waals surface area contributed by atoms with Crippen LogP contribution in [-0.2, 0) is 16.0 Å². The molecule has 0 aliphatic carbocycles. The predicted octanol–water partition coefficient (Wildman–Crippen LogP) is 3.44. The first-order valence-electron chi connectivity index (χ1n) is 4.83. The standard InChI is InChI=1S/C11H15BrO2S/c1-4-11(2,14-3)10(13)6-9-5-8(12)7-15-9/h5,7H,4,6H2,1-3H3. The Balaban J connectivity index is 2.70. The third-order valence-electron chi connectivity index (χ3n) is 2.67. The van der Waals surface area contributed by atoms with Crippen LogP contribution in [0.25, 0.3) is 0 Å². The van der Waals surface area contributed by atoms with Gasteiger partial charge in [0.05, 0.1) is 0 Å². The number of carbonyl (C=O) groups is 1. The average Bonchev–Trinajstić information content (AvgIpc) is 2.62. The molecule has 1 heterocycles. The molecule has 1 unspecified atom stereocenters. The molecule has 0 aliphatic heterocycles. The number of methoxy groups -OCH3 is 1. The van der Waals surface area contributed by atoms with E-state index in [2.05, 4.69) is 15.9 Å². The van der Waals surface area contributed by atoms with Crippen molar-refractivity contribution in [3.8, 4) is 0 Å². The van der Waals surface area contributed by atoms with Crippen molar-refractivity contribution in [2.45, 2.75) is 32.3 Å². The first-order valence-corrected chi connectivity index (χ1v) is 6.50. The monoisotopic (exact) mass is 290 g/mol. The summed E-state index contributed by atoms with van der Waals surface area (Å²) in [6.45, 7) is 3.81. The molecule has 0 bridgehead atoms. The Bertz CT molecular complexity index is 342. The van der Waals surface area contributed by atoms with E-state index in [1.165, 1.54) is 0 Å². The van der Waals surface area contributed by atoms with Crippen molar-refractivity contribution >= 4 is 33.0 Å². The molecular formula is C11H15BrO2S. The van der Waals surface area contributed by atoms with Crippen LogP contribution < -0.4 is 0 Å². The third-order valence-corrected chi connectivity index (χ3v) is 4.37. The number of carbonyl (C=O) groups excluding carboxylic acids is 1. The zero-order valence-corrected chi connectivity index (χ0v) is 11.6. The van der Waals surface area contributed by atoms with Crippen LogP contribution in [0.5, 0.6) is 0 Å². The topological polar surface area (TPSA) is 26.3 Å². The van der Waals surface area contributed by atoms with Gasteiger partial charge in [-0.1, -0.05) is 6.92 Å². The zero-order chi connectivity index (χ0) is 11.5. The quantitative estimate of drug-likeness (QED) is 0.830. The molecule has 4 heteroatoms. The van der Waals surface area contributed by atoms with E-state index in [1.54, 1.807) is 18.4 Å². The second-order valence-corrected chi connectivity index (χ2v) is 5.53. The second-order valence-electron chi connectivity index (χ2n) is 3.62. The summed E-state index contributed by atoms with van der Waals surface area (Å²) < 4.78 is 6.30. The number of rotatable bonds is 5. The Morgan fingerprint density at radius 3 is 2.73 bits per heavy atom. The van der Waals surface area contributed by atoms with E-state index in [0.29, 0.717) is 12.8 Å². The Morgan fingerprint density at radius 2 is 2.33 bits per heavy atom. The molecule has 1 rings (SSSR count). The van der Waals surface area contributed by atoms with Crippen LogP contribution in [-0.4, -0.2) is 18.5 Å². The van der Waals surface area contributed by atoms with Gasteiger partial charge in [-0.15, -0.1) is 11.3 Å². The van der Waals surface area contributed by atoms with Crippen molar-refractivity contribution in [1.82, 2.24) is 0 Å². The number of Topliss-reactive ketones (excluding diaryl/α,β-unsaturated/α-hetero) is 1. The lowest BCUT2D eigenvalue weighted by Crippen LogP contribution is -2.37. The molecule has 0 amide bonds. The summed E-state index contributed by atoms with van der Waals surface area (Å²) in [6.07, 6.45) is 1.16. The highest BCUT2D eigenvalue weighted by molar-refractivity contribution is 9.10. The lowest BCUT2D eigenvalue weighted by Gasteiger charge is -2.24. The van der Waals surface area contributed by atoms with Gasteiger partial charge in [0.15, 0.2) is 5.78 Å². The summed E-state index contributed by atoms with van der Waals surface area (Å²) in [6, 6.07) is 1.98. The van der Waals surface area contributed by atoms with E-state index < -0.39 is 5.60 Å². The average molecular weight is 291 g/mol. The summed E-state index contributed by atoms with van der Waals surface area (Å²) in [5.41, 5.74) is -0.642. The van der Waals surface area contributed by atoms with Crippen LogP contribution in [0.1, 0.15) is 25.1 Å². The molecule has 0 N–H and O–H groups in total. The predicted molar refractivity (Wildman–Crippen MR) is 66.4 cm³/mol. The Morgan fingerprint density at radius 1 is 1.67 bits per heavy atom. The van der Waals surface area contributed by atoms with E-state index in [0.717, 1.165) is 9.35 Å². The van der Waals surface area contributed by atoms with E-state index in [1.807, 2.05) is 25.3 Å². The summed E-state index contributed by atoms with van der Waals surface area (Å²) in [4.78, 5) is 13.0. The van der Waals surface area contributed by atoms with E-state index >= 15 is 0 Å². The fraction of sp³-hybridized carbons (Fsp3) is 0.545. The van der Waals surface area contributed by atoms with Crippen molar-refractivity contribution < 1.29 is 9.53 Å². The molecule has 0 fully saturated rings. The number of ether oxygens (including phenoxy) is 1. The van der Waals surface area contributed by atoms with Crippen molar-refractivity contribution in [2.75, 3.05) is 7.11 Å². The van der Waals surface area contributed by atoms with Crippen molar-refractivity contribution in [1.29, 1.82) is 0 Å². The van der Waals surface area contributed by atoms with Crippen molar-refractivity contribution in [3.05, 3.63) is 20.8 Å². The molecule has 0 aromatic carbocycles. The van der Waals surface area contributed by atoms with Gasteiger partial charge in [-0.05, 0) is 35.3 Å². The Kier molecular flexibility index (Phi) is 4.49. The minimum Gasteiger partial charge on any atom is -0.371 e. The smallest absolute Gasteiger partial charge is 0.169 e. The molecule has 1 atom stereocenters. The summed E-state index contributed by atoms with van der Waals surface area (Å²) >= 11 is 4.97. The van der Waals surface area contributed by atoms with Crippen LogP contribution in [0.15, 0.2) is 15.9 Å². The normalized spacial score (nSPS) is 14.9. The van der Waals surface area contributed by atoms with Crippen molar-refractivity contribution in [2.24, 2.45) is 0 Å². The first kappa shape index (κ1) is 12.9. The molecule has 15 heavy (non-hydrogen) atoms.